The van der Waals surface area contributed by atoms with Gasteiger partial charge in [0.15, 0.2) is 0 Å². The molecule has 0 amide bonds. The second kappa shape index (κ2) is 8.28. The second-order valence-corrected chi connectivity index (χ2v) is 2.11. The number of allylic oxidation sites excluding steroid dienone is 3. The molecule has 10 heavy (non-hydrogen) atoms. The summed E-state index contributed by atoms with van der Waals surface area (Å²) in [6.45, 7) is 2.05. The summed E-state index contributed by atoms with van der Waals surface area (Å²) in [6.07, 6.45) is 11.5. The monoisotopic (exact) mass is 140 g/mol. The van der Waals surface area contributed by atoms with Crippen LogP contribution in [0.5, 0.6) is 0 Å². The van der Waals surface area contributed by atoms with Crippen LogP contribution in [0.3, 0.4) is 0 Å². The predicted molar refractivity (Wildman–Crippen MR) is 44.8 cm³/mol. The van der Waals surface area contributed by atoms with E-state index in [1.165, 1.54) is 12.8 Å². The summed E-state index contributed by atoms with van der Waals surface area (Å²) in [7, 11) is 1.67. The number of hydrogen-bond acceptors (Lipinski definition) is 1. The van der Waals surface area contributed by atoms with Gasteiger partial charge in [0.1, 0.15) is 0 Å². The summed E-state index contributed by atoms with van der Waals surface area (Å²) >= 11 is 0. The van der Waals surface area contributed by atoms with E-state index in [0.717, 1.165) is 6.42 Å². The Bertz CT molecular complexity index is 103. The number of hydrogen-bond donors (Lipinski definition) is 0. The Morgan fingerprint density at radius 3 is 2.50 bits per heavy atom. The van der Waals surface area contributed by atoms with E-state index in [9.17, 15) is 0 Å². The third kappa shape index (κ3) is 7.28. The van der Waals surface area contributed by atoms with Crippen LogP contribution in [0.25, 0.3) is 0 Å². The molecular formula is C9H16O. The fourth-order valence-corrected chi connectivity index (χ4v) is 0.684. The lowest BCUT2D eigenvalue weighted by molar-refractivity contribution is 0.336. The summed E-state index contributed by atoms with van der Waals surface area (Å²) in [6, 6.07) is 0. The van der Waals surface area contributed by atoms with Crippen LogP contribution in [0.1, 0.15) is 26.2 Å². The van der Waals surface area contributed by atoms with Crippen LogP contribution in [-0.2, 0) is 4.74 Å². The summed E-state index contributed by atoms with van der Waals surface area (Å²) in [5.74, 6) is 0. The van der Waals surface area contributed by atoms with E-state index < -0.39 is 0 Å². The van der Waals surface area contributed by atoms with Crippen molar-refractivity contribution in [1.82, 2.24) is 0 Å². The Morgan fingerprint density at radius 2 is 1.90 bits per heavy atom. The molecule has 0 aliphatic carbocycles. The van der Waals surface area contributed by atoms with Gasteiger partial charge >= 0.3 is 0 Å². The molecule has 0 spiro atoms. The number of methoxy groups -OCH3 is 1. The lowest BCUT2D eigenvalue weighted by Crippen LogP contribution is -1.69. The fraction of sp³-hybridized carbons (Fsp3) is 0.556. The molecule has 0 aromatic carbocycles. The largest absolute Gasteiger partial charge is 0.505 e. The lowest BCUT2D eigenvalue weighted by Gasteiger charge is -1.89. The Kier molecular flexibility index (Phi) is 7.68. The van der Waals surface area contributed by atoms with Crippen LogP contribution in [0.15, 0.2) is 24.5 Å². The molecular weight excluding hydrogens is 124 g/mol. The van der Waals surface area contributed by atoms with E-state index in [2.05, 4.69) is 12.2 Å². The molecule has 0 unspecified atom stereocenters. The minimum Gasteiger partial charge on any atom is -0.505 e. The zero-order chi connectivity index (χ0) is 7.66. The highest BCUT2D eigenvalue weighted by Gasteiger charge is 1.78. The van der Waals surface area contributed by atoms with Crippen LogP contribution in [0.2, 0.25) is 0 Å². The van der Waals surface area contributed by atoms with Gasteiger partial charge in [-0.1, -0.05) is 12.2 Å². The minimum absolute atomic E-state index is 1.11. The lowest BCUT2D eigenvalue weighted by atomic mass is 10.2. The molecule has 1 nitrogen and oxygen atoms in total. The third-order valence-corrected chi connectivity index (χ3v) is 1.21. The predicted octanol–water partition coefficient (Wildman–Crippen LogP) is 2.89. The Hall–Kier alpha value is -0.720. The van der Waals surface area contributed by atoms with Gasteiger partial charge in [-0.15, -0.1) is 0 Å². The Labute approximate surface area is 63.4 Å². The Balaban J connectivity index is 2.97. The van der Waals surface area contributed by atoms with Crippen LogP contribution < -0.4 is 0 Å². The SMILES string of the molecule is CC=CCCCC=COC. The molecule has 0 aromatic rings. The maximum absolute atomic E-state index is 4.75. The zero-order valence-electron chi connectivity index (χ0n) is 6.84. The molecule has 0 fully saturated rings. The van der Waals surface area contributed by atoms with Gasteiger partial charge in [0.25, 0.3) is 0 Å². The molecule has 0 atom stereocenters. The molecule has 0 aliphatic heterocycles. The van der Waals surface area contributed by atoms with Crippen molar-refractivity contribution in [2.24, 2.45) is 0 Å². The van der Waals surface area contributed by atoms with Gasteiger partial charge in [-0.25, -0.2) is 0 Å². The first-order chi connectivity index (χ1) is 4.91. The van der Waals surface area contributed by atoms with Gasteiger partial charge in [0.2, 0.25) is 0 Å². The molecule has 0 saturated heterocycles. The molecule has 1 heteroatoms. The van der Waals surface area contributed by atoms with Crippen LogP contribution in [0, 0.1) is 0 Å². The van der Waals surface area contributed by atoms with Crippen molar-refractivity contribution in [1.29, 1.82) is 0 Å². The van der Waals surface area contributed by atoms with Crippen molar-refractivity contribution < 1.29 is 4.74 Å². The topological polar surface area (TPSA) is 9.23 Å². The number of ether oxygens (including phenoxy) is 1. The highest BCUT2D eigenvalue weighted by molar-refractivity contribution is 4.79. The van der Waals surface area contributed by atoms with E-state index in [0.29, 0.717) is 0 Å². The molecule has 0 aromatic heterocycles. The molecule has 58 valence electrons. The van der Waals surface area contributed by atoms with E-state index >= 15 is 0 Å². The summed E-state index contributed by atoms with van der Waals surface area (Å²) in [4.78, 5) is 0. The zero-order valence-corrected chi connectivity index (χ0v) is 6.84. The fourth-order valence-electron chi connectivity index (χ4n) is 0.684. The Morgan fingerprint density at radius 1 is 1.20 bits per heavy atom. The van der Waals surface area contributed by atoms with E-state index in [1.807, 2.05) is 13.0 Å². The molecule has 0 radical (unpaired) electrons. The summed E-state index contributed by atoms with van der Waals surface area (Å²) in [5.41, 5.74) is 0. The van der Waals surface area contributed by atoms with Crippen LogP contribution in [-0.4, -0.2) is 7.11 Å². The third-order valence-electron chi connectivity index (χ3n) is 1.21. The molecule has 0 bridgehead atoms. The van der Waals surface area contributed by atoms with E-state index in [1.54, 1.807) is 13.4 Å². The molecule has 0 rings (SSSR count). The van der Waals surface area contributed by atoms with Crippen molar-refractivity contribution in [3.05, 3.63) is 24.5 Å². The smallest absolute Gasteiger partial charge is 0.0784 e. The first-order valence-electron chi connectivity index (χ1n) is 3.70. The normalized spacial score (nSPS) is 11.4. The maximum Gasteiger partial charge on any atom is 0.0784 e. The first kappa shape index (κ1) is 9.28. The average Bonchev–Trinajstić information content (AvgIpc) is 1.97. The number of unbranched alkanes of at least 4 members (excludes halogenated alkanes) is 2. The standard InChI is InChI=1S/C9H16O/c1-3-4-5-6-7-8-9-10-2/h3-4,8-9H,5-7H2,1-2H3. The molecule has 0 saturated carbocycles. The maximum atomic E-state index is 4.75. The molecule has 0 N–H and O–H groups in total. The number of rotatable bonds is 5. The van der Waals surface area contributed by atoms with Gasteiger partial charge in [-0.3, -0.25) is 0 Å². The van der Waals surface area contributed by atoms with E-state index in [4.69, 9.17) is 4.74 Å². The first-order valence-corrected chi connectivity index (χ1v) is 3.70. The van der Waals surface area contributed by atoms with E-state index in [-0.39, 0.29) is 0 Å². The van der Waals surface area contributed by atoms with Crippen LogP contribution >= 0.6 is 0 Å². The van der Waals surface area contributed by atoms with Crippen LogP contribution in [0.4, 0.5) is 0 Å². The molecule has 0 aliphatic rings. The van der Waals surface area contributed by atoms with Gasteiger partial charge in [0, 0.05) is 0 Å². The highest BCUT2D eigenvalue weighted by Crippen LogP contribution is 1.97. The van der Waals surface area contributed by atoms with Crippen molar-refractivity contribution in [2.75, 3.05) is 7.11 Å². The van der Waals surface area contributed by atoms with Gasteiger partial charge in [-0.2, -0.15) is 0 Å². The van der Waals surface area contributed by atoms with Crippen molar-refractivity contribution in [2.45, 2.75) is 26.2 Å². The van der Waals surface area contributed by atoms with Crippen molar-refractivity contribution in [3.8, 4) is 0 Å². The summed E-state index contributed by atoms with van der Waals surface area (Å²) in [5, 5.41) is 0. The van der Waals surface area contributed by atoms with Crippen molar-refractivity contribution >= 4 is 0 Å². The average molecular weight is 140 g/mol. The van der Waals surface area contributed by atoms with Gasteiger partial charge in [0.05, 0.1) is 13.4 Å². The molecule has 0 heterocycles. The summed E-state index contributed by atoms with van der Waals surface area (Å²) < 4.78 is 4.75. The van der Waals surface area contributed by atoms with Gasteiger partial charge in [-0.05, 0) is 32.3 Å². The second-order valence-electron chi connectivity index (χ2n) is 2.11. The quantitative estimate of drug-likeness (QED) is 0.324. The van der Waals surface area contributed by atoms with Crippen molar-refractivity contribution in [3.63, 3.8) is 0 Å². The highest BCUT2D eigenvalue weighted by atomic mass is 16.5. The van der Waals surface area contributed by atoms with Gasteiger partial charge < -0.3 is 4.74 Å². The minimum atomic E-state index is 1.11.